The zero-order valence-corrected chi connectivity index (χ0v) is 23.8. The summed E-state index contributed by atoms with van der Waals surface area (Å²) >= 11 is 0. The minimum absolute atomic E-state index is 0.108. The molecule has 1 unspecified atom stereocenters. The van der Waals surface area contributed by atoms with Gasteiger partial charge in [-0.1, -0.05) is 6.42 Å². The Bertz CT molecular complexity index is 1710. The minimum atomic E-state index is -1.18. The van der Waals surface area contributed by atoms with E-state index in [1.807, 2.05) is 36.7 Å². The Kier molecular flexibility index (Phi) is 6.72. The molecule has 2 amide bonds. The maximum atomic E-state index is 15.3. The molecule has 1 saturated carbocycles. The van der Waals surface area contributed by atoms with Crippen molar-refractivity contribution in [3.05, 3.63) is 47.4 Å². The van der Waals surface area contributed by atoms with E-state index in [1.54, 1.807) is 0 Å². The van der Waals surface area contributed by atoms with Crippen molar-refractivity contribution in [1.82, 2.24) is 35.1 Å². The Hall–Kier alpha value is -3.86. The highest BCUT2D eigenvalue weighted by atomic mass is 19.1. The molecule has 9 nitrogen and oxygen atoms in total. The largest absolute Gasteiger partial charge is 0.348 e. The lowest BCUT2D eigenvalue weighted by Gasteiger charge is -2.27. The Morgan fingerprint density at radius 3 is 2.83 bits per heavy atom. The molecule has 11 heteroatoms. The second-order valence-electron chi connectivity index (χ2n) is 12.1. The molecule has 4 aromatic rings. The van der Waals surface area contributed by atoms with Crippen LogP contribution in [0.2, 0.25) is 0 Å². The SMILES string of the molecule is C[C@H]1NC(=O)C2C[C@@H]2CCCCn2c(-c3nc4cc(C(=O)N[C@H]5CNCC[C@@H]5F)c(F)cc4n3C)cc3ccc1nc32. The van der Waals surface area contributed by atoms with Crippen LogP contribution in [0.1, 0.15) is 61.1 Å². The van der Waals surface area contributed by atoms with Crippen molar-refractivity contribution in [3.8, 4) is 11.5 Å². The number of halogens is 2. The summed E-state index contributed by atoms with van der Waals surface area (Å²) in [5.41, 5.74) is 3.33. The number of imidazole rings is 1. The number of amides is 2. The number of carbonyl (C=O) groups is 2. The normalized spacial score (nSPS) is 26.3. The molecule has 0 spiro atoms. The Balaban J connectivity index is 1.26. The van der Waals surface area contributed by atoms with Crippen LogP contribution in [0.5, 0.6) is 0 Å². The summed E-state index contributed by atoms with van der Waals surface area (Å²) in [5, 5.41) is 9.81. The number of alkyl halides is 1. The van der Waals surface area contributed by atoms with E-state index in [9.17, 15) is 14.0 Å². The Labute approximate surface area is 242 Å². The number of carbonyl (C=O) groups excluding carboxylic acids is 2. The van der Waals surface area contributed by atoms with E-state index < -0.39 is 23.9 Å². The topological polar surface area (TPSA) is 106 Å². The number of fused-ring (bicyclic) bond motifs is 3. The fraction of sp³-hybridized carbons (Fsp3) is 0.484. The third kappa shape index (κ3) is 4.73. The van der Waals surface area contributed by atoms with Gasteiger partial charge in [0.15, 0.2) is 5.82 Å². The van der Waals surface area contributed by atoms with Crippen molar-refractivity contribution in [2.24, 2.45) is 18.9 Å². The van der Waals surface area contributed by atoms with Gasteiger partial charge in [-0.25, -0.2) is 18.7 Å². The number of hydrogen-bond acceptors (Lipinski definition) is 5. The van der Waals surface area contributed by atoms with Crippen LogP contribution in [0.25, 0.3) is 33.6 Å². The third-order valence-electron chi connectivity index (χ3n) is 9.19. The lowest BCUT2D eigenvalue weighted by molar-refractivity contribution is -0.123. The molecule has 2 bridgehead atoms. The van der Waals surface area contributed by atoms with Gasteiger partial charge in [-0.3, -0.25) is 9.59 Å². The van der Waals surface area contributed by atoms with Crippen LogP contribution >= 0.6 is 0 Å². The van der Waals surface area contributed by atoms with Crippen LogP contribution < -0.4 is 16.0 Å². The smallest absolute Gasteiger partial charge is 0.254 e. The van der Waals surface area contributed by atoms with E-state index >= 15 is 4.39 Å². The lowest BCUT2D eigenvalue weighted by atomic mass is 10.0. The van der Waals surface area contributed by atoms with Crippen LogP contribution in [0.15, 0.2) is 30.3 Å². The van der Waals surface area contributed by atoms with E-state index in [0.717, 1.165) is 54.6 Å². The molecule has 7 rings (SSSR count). The highest BCUT2D eigenvalue weighted by Crippen LogP contribution is 2.43. The number of benzene rings is 1. The van der Waals surface area contributed by atoms with Crippen molar-refractivity contribution in [1.29, 1.82) is 0 Å². The first kappa shape index (κ1) is 27.0. The van der Waals surface area contributed by atoms with Gasteiger partial charge >= 0.3 is 0 Å². The predicted octanol–water partition coefficient (Wildman–Crippen LogP) is 4.16. The summed E-state index contributed by atoms with van der Waals surface area (Å²) in [4.78, 5) is 35.5. The summed E-state index contributed by atoms with van der Waals surface area (Å²) in [6.45, 7) is 3.54. The highest BCUT2D eigenvalue weighted by molar-refractivity contribution is 5.98. The van der Waals surface area contributed by atoms with Crippen molar-refractivity contribution in [3.63, 3.8) is 0 Å². The molecular formula is C31H35F2N7O2. The number of nitrogens with one attached hydrogen (secondary N) is 3. The van der Waals surface area contributed by atoms with E-state index in [1.165, 1.54) is 12.1 Å². The monoisotopic (exact) mass is 575 g/mol. The quantitative estimate of drug-likeness (QED) is 0.340. The fourth-order valence-electron chi connectivity index (χ4n) is 6.58. The van der Waals surface area contributed by atoms with Gasteiger partial charge in [0.05, 0.1) is 40.1 Å². The number of pyridine rings is 1. The molecule has 42 heavy (non-hydrogen) atoms. The average molecular weight is 576 g/mol. The number of nitrogens with zero attached hydrogens (tertiary/aromatic N) is 4. The highest BCUT2D eigenvalue weighted by Gasteiger charge is 2.42. The number of rotatable bonds is 3. The van der Waals surface area contributed by atoms with Crippen LogP contribution in [0.3, 0.4) is 0 Å². The van der Waals surface area contributed by atoms with Crippen molar-refractivity contribution in [2.45, 2.75) is 63.8 Å². The van der Waals surface area contributed by atoms with E-state index in [2.05, 4.69) is 20.5 Å². The molecule has 0 radical (unpaired) electrons. The van der Waals surface area contributed by atoms with Crippen LogP contribution in [-0.4, -0.2) is 56.2 Å². The maximum Gasteiger partial charge on any atom is 0.254 e. The van der Waals surface area contributed by atoms with Gasteiger partial charge in [-0.15, -0.1) is 0 Å². The first-order valence-electron chi connectivity index (χ1n) is 14.9. The molecule has 2 aliphatic heterocycles. The standard InChI is InChI=1S/C31H35F2N7O2/c1-16-23-7-6-18-12-27(40(28(18)36-23)10-4-3-5-17-11-19(17)30(41)35-16)29-37-24-13-20(22(33)14-26(24)39(29)2)31(42)38-25-15-34-9-8-21(25)32/h6-7,12-14,16-17,19,21,25,34H,3-5,8-11,15H2,1-2H3,(H,35,41)(H,38,42)/t16-,17+,19?,21+,25+/m1/s1. The predicted molar refractivity (Wildman–Crippen MR) is 155 cm³/mol. The summed E-state index contributed by atoms with van der Waals surface area (Å²) in [6.07, 6.45) is 3.03. The maximum absolute atomic E-state index is 15.3. The second kappa shape index (κ2) is 10.4. The zero-order valence-electron chi connectivity index (χ0n) is 23.8. The first-order chi connectivity index (χ1) is 20.3. The summed E-state index contributed by atoms with van der Waals surface area (Å²) in [6, 6.07) is 7.86. The fourth-order valence-corrected chi connectivity index (χ4v) is 6.58. The van der Waals surface area contributed by atoms with Gasteiger partial charge in [0.2, 0.25) is 5.91 Å². The van der Waals surface area contributed by atoms with Crippen molar-refractivity contribution in [2.75, 3.05) is 13.1 Å². The molecular weight excluding hydrogens is 540 g/mol. The molecule has 1 saturated heterocycles. The van der Waals surface area contributed by atoms with Gasteiger partial charge in [-0.2, -0.15) is 0 Å². The third-order valence-corrected chi connectivity index (χ3v) is 9.19. The molecule has 1 aliphatic carbocycles. The van der Waals surface area contributed by atoms with Gasteiger partial charge < -0.3 is 25.1 Å². The Morgan fingerprint density at radius 2 is 2.00 bits per heavy atom. The number of hydrogen-bond donors (Lipinski definition) is 3. The molecule has 5 atom stereocenters. The van der Waals surface area contributed by atoms with Crippen LogP contribution in [-0.2, 0) is 18.4 Å². The lowest BCUT2D eigenvalue weighted by Crippen LogP contribution is -2.52. The molecule has 3 aliphatic rings. The van der Waals surface area contributed by atoms with Crippen LogP contribution in [0.4, 0.5) is 8.78 Å². The summed E-state index contributed by atoms with van der Waals surface area (Å²) < 4.78 is 33.6. The number of aryl methyl sites for hydroxylation is 2. The van der Waals surface area contributed by atoms with Gasteiger partial charge in [0.1, 0.15) is 17.6 Å². The second-order valence-corrected chi connectivity index (χ2v) is 12.1. The average Bonchev–Trinajstić information content (AvgIpc) is 3.57. The zero-order chi connectivity index (χ0) is 29.1. The Morgan fingerprint density at radius 1 is 1.14 bits per heavy atom. The minimum Gasteiger partial charge on any atom is -0.348 e. The summed E-state index contributed by atoms with van der Waals surface area (Å²) in [7, 11) is 1.83. The van der Waals surface area contributed by atoms with Gasteiger partial charge in [-0.05, 0) is 69.3 Å². The van der Waals surface area contributed by atoms with Crippen molar-refractivity contribution < 1.29 is 18.4 Å². The van der Waals surface area contributed by atoms with E-state index in [-0.39, 0.29) is 23.4 Å². The van der Waals surface area contributed by atoms with Gasteiger partial charge in [0, 0.05) is 37.5 Å². The van der Waals surface area contributed by atoms with E-state index in [0.29, 0.717) is 42.3 Å². The molecule has 5 heterocycles. The summed E-state index contributed by atoms with van der Waals surface area (Å²) in [5.74, 6) is -0.0267. The number of piperidine rings is 1. The number of aromatic nitrogens is 4. The van der Waals surface area contributed by atoms with E-state index in [4.69, 9.17) is 9.97 Å². The van der Waals surface area contributed by atoms with Crippen LogP contribution in [0, 0.1) is 17.7 Å². The molecule has 3 aromatic heterocycles. The van der Waals surface area contributed by atoms with Crippen molar-refractivity contribution >= 4 is 33.9 Å². The molecule has 220 valence electrons. The molecule has 1 aromatic carbocycles. The first-order valence-corrected chi connectivity index (χ1v) is 14.9. The van der Waals surface area contributed by atoms with Gasteiger partial charge in [0.25, 0.3) is 5.91 Å². The molecule has 3 N–H and O–H groups in total. The molecule has 2 fully saturated rings.